The normalized spacial score (nSPS) is 20.2. The fourth-order valence-electron chi connectivity index (χ4n) is 3.48. The highest BCUT2D eigenvalue weighted by atomic mass is 16.5. The van der Waals surface area contributed by atoms with Gasteiger partial charge in [0.05, 0.1) is 5.92 Å². The van der Waals surface area contributed by atoms with Gasteiger partial charge in [0.1, 0.15) is 0 Å². The molecule has 3 rings (SSSR count). The number of anilines is 1. The summed E-state index contributed by atoms with van der Waals surface area (Å²) in [5.74, 6) is -1.20. The predicted molar refractivity (Wildman–Crippen MR) is 93.1 cm³/mol. The van der Waals surface area contributed by atoms with E-state index in [4.69, 9.17) is 4.74 Å². The third-order valence-electron chi connectivity index (χ3n) is 4.92. The predicted octanol–water partition coefficient (Wildman–Crippen LogP) is 1.77. The highest BCUT2D eigenvalue weighted by Gasteiger charge is 2.37. The molecular formula is C19H24N2O4. The van der Waals surface area contributed by atoms with Crippen LogP contribution in [-0.2, 0) is 25.5 Å². The Bertz CT molecular complexity index is 667. The van der Waals surface area contributed by atoms with Crippen molar-refractivity contribution < 1.29 is 19.1 Å². The van der Waals surface area contributed by atoms with E-state index >= 15 is 0 Å². The van der Waals surface area contributed by atoms with Crippen molar-refractivity contribution in [3.63, 3.8) is 0 Å². The molecule has 1 aromatic rings. The van der Waals surface area contributed by atoms with E-state index in [0.29, 0.717) is 6.54 Å². The van der Waals surface area contributed by atoms with Gasteiger partial charge >= 0.3 is 5.97 Å². The van der Waals surface area contributed by atoms with Crippen LogP contribution < -0.4 is 4.90 Å². The Kier molecular flexibility index (Phi) is 5.36. The van der Waals surface area contributed by atoms with E-state index in [0.717, 1.165) is 43.6 Å². The molecule has 134 valence electrons. The van der Waals surface area contributed by atoms with Crippen LogP contribution >= 0.6 is 0 Å². The molecule has 1 aromatic carbocycles. The van der Waals surface area contributed by atoms with Crippen LogP contribution in [0, 0.1) is 5.92 Å². The van der Waals surface area contributed by atoms with Crippen molar-refractivity contribution in [2.24, 2.45) is 5.92 Å². The Morgan fingerprint density at radius 2 is 1.92 bits per heavy atom. The molecule has 2 amide bonds. The van der Waals surface area contributed by atoms with Crippen molar-refractivity contribution in [1.29, 1.82) is 0 Å². The number of amides is 2. The first-order chi connectivity index (χ1) is 12.1. The number of ether oxygens (including phenoxy) is 1. The number of nitrogens with zero attached hydrogens (tertiary/aromatic N) is 2. The number of rotatable bonds is 5. The van der Waals surface area contributed by atoms with E-state index in [9.17, 15) is 14.4 Å². The van der Waals surface area contributed by atoms with Gasteiger partial charge in [0, 0.05) is 31.7 Å². The van der Waals surface area contributed by atoms with E-state index in [1.807, 2.05) is 31.2 Å². The van der Waals surface area contributed by atoms with E-state index in [-0.39, 0.29) is 24.8 Å². The molecule has 2 heterocycles. The lowest BCUT2D eigenvalue weighted by atomic mass is 10.1. The van der Waals surface area contributed by atoms with Crippen LogP contribution in [0.3, 0.4) is 0 Å². The summed E-state index contributed by atoms with van der Waals surface area (Å²) in [6.07, 6.45) is 2.96. The van der Waals surface area contributed by atoms with Gasteiger partial charge in [0.25, 0.3) is 5.91 Å². The van der Waals surface area contributed by atoms with E-state index < -0.39 is 11.9 Å². The van der Waals surface area contributed by atoms with E-state index in [2.05, 4.69) is 0 Å². The van der Waals surface area contributed by atoms with Gasteiger partial charge < -0.3 is 14.5 Å². The van der Waals surface area contributed by atoms with Crippen molar-refractivity contribution in [3.8, 4) is 0 Å². The zero-order chi connectivity index (χ0) is 17.8. The van der Waals surface area contributed by atoms with Crippen molar-refractivity contribution in [3.05, 3.63) is 29.8 Å². The average molecular weight is 344 g/mol. The SMILES string of the molecule is CCc1ccccc1N1C[C@H](C(=O)OCC(=O)N2CCCC2)CC1=O. The van der Waals surface area contributed by atoms with Gasteiger partial charge in [-0.15, -0.1) is 0 Å². The van der Waals surface area contributed by atoms with Crippen LogP contribution in [0.1, 0.15) is 31.7 Å². The number of esters is 1. The Balaban J connectivity index is 1.58. The first kappa shape index (κ1) is 17.5. The summed E-state index contributed by atoms with van der Waals surface area (Å²) < 4.78 is 5.18. The number of para-hydroxylation sites is 1. The number of hydrogen-bond donors (Lipinski definition) is 0. The highest BCUT2D eigenvalue weighted by molar-refractivity contribution is 6.00. The molecule has 2 saturated heterocycles. The monoisotopic (exact) mass is 344 g/mol. The minimum absolute atomic E-state index is 0.0753. The number of carbonyl (C=O) groups is 3. The second-order valence-electron chi connectivity index (χ2n) is 6.58. The van der Waals surface area contributed by atoms with Crippen LogP contribution in [0.4, 0.5) is 5.69 Å². The van der Waals surface area contributed by atoms with Gasteiger partial charge in [-0.2, -0.15) is 0 Å². The molecular weight excluding hydrogens is 320 g/mol. The maximum absolute atomic E-state index is 12.3. The molecule has 0 saturated carbocycles. The first-order valence-corrected chi connectivity index (χ1v) is 8.92. The standard InChI is InChI=1S/C19H24N2O4/c1-2-14-7-3-4-8-16(14)21-12-15(11-17(21)22)19(24)25-13-18(23)20-9-5-6-10-20/h3-4,7-8,15H,2,5-6,9-13H2,1H3/t15-/m1/s1. The van der Waals surface area contributed by atoms with Gasteiger partial charge in [0.2, 0.25) is 5.91 Å². The van der Waals surface area contributed by atoms with Gasteiger partial charge in [-0.25, -0.2) is 0 Å². The molecule has 0 aliphatic carbocycles. The molecule has 0 radical (unpaired) electrons. The molecule has 6 nitrogen and oxygen atoms in total. The molecule has 0 bridgehead atoms. The smallest absolute Gasteiger partial charge is 0.311 e. The lowest BCUT2D eigenvalue weighted by Gasteiger charge is -2.20. The van der Waals surface area contributed by atoms with Gasteiger partial charge in [-0.05, 0) is 30.9 Å². The van der Waals surface area contributed by atoms with Crippen molar-refractivity contribution in [1.82, 2.24) is 4.90 Å². The molecule has 2 fully saturated rings. The molecule has 2 aliphatic rings. The molecule has 0 spiro atoms. The third-order valence-corrected chi connectivity index (χ3v) is 4.92. The Morgan fingerprint density at radius 1 is 1.20 bits per heavy atom. The van der Waals surface area contributed by atoms with Crippen LogP contribution in [-0.4, -0.2) is 48.9 Å². The van der Waals surface area contributed by atoms with Crippen molar-refractivity contribution >= 4 is 23.5 Å². The fourth-order valence-corrected chi connectivity index (χ4v) is 3.48. The molecule has 6 heteroatoms. The number of aryl methyl sites for hydroxylation is 1. The summed E-state index contributed by atoms with van der Waals surface area (Å²) >= 11 is 0. The number of carbonyl (C=O) groups excluding carboxylic acids is 3. The largest absolute Gasteiger partial charge is 0.455 e. The first-order valence-electron chi connectivity index (χ1n) is 8.92. The van der Waals surface area contributed by atoms with Crippen molar-refractivity contribution in [2.75, 3.05) is 31.1 Å². The summed E-state index contributed by atoms with van der Waals surface area (Å²) in [6, 6.07) is 7.73. The zero-order valence-corrected chi connectivity index (χ0v) is 14.6. The highest BCUT2D eigenvalue weighted by Crippen LogP contribution is 2.29. The van der Waals surface area contributed by atoms with Crippen LogP contribution in [0.25, 0.3) is 0 Å². The topological polar surface area (TPSA) is 66.9 Å². The van der Waals surface area contributed by atoms with Crippen LogP contribution in [0.15, 0.2) is 24.3 Å². The summed E-state index contributed by atoms with van der Waals surface area (Å²) in [7, 11) is 0. The van der Waals surface area contributed by atoms with Crippen LogP contribution in [0.5, 0.6) is 0 Å². The maximum Gasteiger partial charge on any atom is 0.311 e. The van der Waals surface area contributed by atoms with Gasteiger partial charge in [0.15, 0.2) is 6.61 Å². The minimum Gasteiger partial charge on any atom is -0.455 e. The maximum atomic E-state index is 12.3. The number of likely N-dealkylation sites (tertiary alicyclic amines) is 1. The molecule has 0 aromatic heterocycles. The van der Waals surface area contributed by atoms with E-state index in [1.165, 1.54) is 0 Å². The molecule has 25 heavy (non-hydrogen) atoms. The minimum atomic E-state index is -0.510. The summed E-state index contributed by atoms with van der Waals surface area (Å²) in [5.41, 5.74) is 1.94. The second-order valence-corrected chi connectivity index (χ2v) is 6.58. The number of benzene rings is 1. The zero-order valence-electron chi connectivity index (χ0n) is 14.6. The lowest BCUT2D eigenvalue weighted by Crippen LogP contribution is -2.33. The third kappa shape index (κ3) is 3.83. The average Bonchev–Trinajstić information content (AvgIpc) is 3.29. The van der Waals surface area contributed by atoms with Gasteiger partial charge in [-0.1, -0.05) is 25.1 Å². The van der Waals surface area contributed by atoms with Gasteiger partial charge in [-0.3, -0.25) is 14.4 Å². The van der Waals surface area contributed by atoms with Crippen LogP contribution in [0.2, 0.25) is 0 Å². The van der Waals surface area contributed by atoms with Crippen molar-refractivity contribution in [2.45, 2.75) is 32.6 Å². The fraction of sp³-hybridized carbons (Fsp3) is 0.526. The second kappa shape index (κ2) is 7.68. The Morgan fingerprint density at radius 3 is 2.64 bits per heavy atom. The lowest BCUT2D eigenvalue weighted by molar-refractivity contribution is -0.154. The molecule has 1 atom stereocenters. The summed E-state index contributed by atoms with van der Waals surface area (Å²) in [4.78, 5) is 40.0. The molecule has 0 unspecified atom stereocenters. The Hall–Kier alpha value is -2.37. The number of hydrogen-bond acceptors (Lipinski definition) is 4. The Labute approximate surface area is 147 Å². The summed E-state index contributed by atoms with van der Waals surface area (Å²) in [5, 5.41) is 0. The molecule has 0 N–H and O–H groups in total. The molecule has 2 aliphatic heterocycles. The summed E-state index contributed by atoms with van der Waals surface area (Å²) in [6.45, 7) is 3.59. The van der Waals surface area contributed by atoms with E-state index in [1.54, 1.807) is 9.80 Å². The quantitative estimate of drug-likeness (QED) is 0.764.